The number of rotatable bonds is 5. The van der Waals surface area contributed by atoms with Crippen LogP contribution in [0, 0.1) is 6.92 Å². The van der Waals surface area contributed by atoms with Gasteiger partial charge in [-0.2, -0.15) is 0 Å². The number of thioether (sulfide) groups is 1. The van der Waals surface area contributed by atoms with E-state index in [1.54, 1.807) is 19.1 Å². The van der Waals surface area contributed by atoms with Gasteiger partial charge >= 0.3 is 0 Å². The third kappa shape index (κ3) is 4.21. The van der Waals surface area contributed by atoms with E-state index in [9.17, 15) is 4.79 Å². The highest BCUT2D eigenvalue weighted by atomic mass is 35.5. The number of nitrogens with zero attached hydrogens (tertiary/aromatic N) is 2. The molecule has 25 heavy (non-hydrogen) atoms. The van der Waals surface area contributed by atoms with Crippen molar-refractivity contribution < 1.29 is 9.21 Å². The van der Waals surface area contributed by atoms with Crippen molar-refractivity contribution in [2.45, 2.75) is 24.3 Å². The second-order valence-corrected chi connectivity index (χ2v) is 7.10. The van der Waals surface area contributed by atoms with Crippen molar-refractivity contribution in [2.24, 2.45) is 0 Å². The third-order valence-electron chi connectivity index (χ3n) is 3.60. The molecule has 0 saturated heterocycles. The third-order valence-corrected chi connectivity index (χ3v) is 4.94. The summed E-state index contributed by atoms with van der Waals surface area (Å²) in [5.41, 5.74) is 2.37. The van der Waals surface area contributed by atoms with E-state index in [4.69, 9.17) is 16.0 Å². The van der Waals surface area contributed by atoms with Crippen molar-refractivity contribution in [1.29, 1.82) is 0 Å². The van der Waals surface area contributed by atoms with Crippen LogP contribution in [-0.4, -0.2) is 21.4 Å². The van der Waals surface area contributed by atoms with E-state index in [2.05, 4.69) is 15.5 Å². The summed E-state index contributed by atoms with van der Waals surface area (Å²) in [5.74, 6) is 0.274. The number of nitrogens with one attached hydrogen (secondary N) is 1. The van der Waals surface area contributed by atoms with E-state index in [0.717, 1.165) is 11.1 Å². The number of hydrogen-bond donors (Lipinski definition) is 1. The average Bonchev–Trinajstić information content (AvgIpc) is 3.08. The minimum absolute atomic E-state index is 0.158. The van der Waals surface area contributed by atoms with E-state index < -0.39 is 5.25 Å². The molecule has 0 saturated carbocycles. The van der Waals surface area contributed by atoms with Crippen molar-refractivity contribution in [2.75, 3.05) is 5.32 Å². The largest absolute Gasteiger partial charge is 0.411 e. The lowest BCUT2D eigenvalue weighted by Gasteiger charge is -2.12. The van der Waals surface area contributed by atoms with Gasteiger partial charge in [-0.3, -0.25) is 4.79 Å². The van der Waals surface area contributed by atoms with Crippen molar-refractivity contribution in [1.82, 2.24) is 10.2 Å². The highest BCUT2D eigenvalue weighted by Gasteiger charge is 2.19. The Labute approximate surface area is 154 Å². The molecule has 1 amide bonds. The molecule has 1 aromatic heterocycles. The van der Waals surface area contributed by atoms with Gasteiger partial charge in [-0.05, 0) is 43.7 Å². The summed E-state index contributed by atoms with van der Waals surface area (Å²) in [5, 5.41) is 11.5. The molecule has 0 aliphatic heterocycles. The van der Waals surface area contributed by atoms with Gasteiger partial charge in [-0.25, -0.2) is 0 Å². The SMILES string of the molecule is Cc1c(Cl)cccc1NC(=O)[C@@H](C)Sc1nnc(-c2ccccc2)o1. The summed E-state index contributed by atoms with van der Waals surface area (Å²) in [4.78, 5) is 12.4. The van der Waals surface area contributed by atoms with Crippen molar-refractivity contribution in [3.05, 3.63) is 59.1 Å². The number of anilines is 1. The molecule has 1 atom stereocenters. The summed E-state index contributed by atoms with van der Waals surface area (Å²) < 4.78 is 5.62. The number of benzene rings is 2. The van der Waals surface area contributed by atoms with Crippen LogP contribution in [0.15, 0.2) is 58.2 Å². The Balaban J connectivity index is 1.66. The molecule has 0 aliphatic carbocycles. The topological polar surface area (TPSA) is 68.0 Å². The Morgan fingerprint density at radius 1 is 1.16 bits per heavy atom. The molecule has 0 aliphatic rings. The van der Waals surface area contributed by atoms with Crippen LogP contribution in [0.3, 0.4) is 0 Å². The first-order valence-corrected chi connectivity index (χ1v) is 8.92. The molecular weight excluding hydrogens is 358 g/mol. The summed E-state index contributed by atoms with van der Waals surface area (Å²) in [7, 11) is 0. The van der Waals surface area contributed by atoms with Crippen molar-refractivity contribution >= 4 is 35.0 Å². The normalized spacial score (nSPS) is 12.0. The van der Waals surface area contributed by atoms with Crippen molar-refractivity contribution in [3.8, 4) is 11.5 Å². The average molecular weight is 374 g/mol. The van der Waals surface area contributed by atoms with Gasteiger partial charge in [0.15, 0.2) is 0 Å². The molecule has 3 aromatic rings. The van der Waals surface area contributed by atoms with E-state index in [0.29, 0.717) is 21.8 Å². The molecule has 128 valence electrons. The molecule has 0 spiro atoms. The summed E-state index contributed by atoms with van der Waals surface area (Å²) in [6, 6.07) is 14.9. The molecular formula is C18H16ClN3O2S. The standard InChI is InChI=1S/C18H16ClN3O2S/c1-11-14(19)9-6-10-15(11)20-16(23)12(2)25-18-22-21-17(24-18)13-7-4-3-5-8-13/h3-10,12H,1-2H3,(H,20,23)/t12-/m1/s1. The summed E-state index contributed by atoms with van der Waals surface area (Å²) >= 11 is 7.29. The number of hydrogen-bond acceptors (Lipinski definition) is 5. The highest BCUT2D eigenvalue weighted by molar-refractivity contribution is 8.00. The Bertz CT molecular complexity index is 883. The Kier molecular flexibility index (Phi) is 5.40. The van der Waals surface area contributed by atoms with Gasteiger partial charge in [0.05, 0.1) is 5.25 Å². The van der Waals surface area contributed by atoms with Gasteiger partial charge in [-0.15, -0.1) is 10.2 Å². The Hall–Kier alpha value is -2.31. The first-order valence-electron chi connectivity index (χ1n) is 7.66. The molecule has 3 rings (SSSR count). The molecule has 2 aromatic carbocycles. The molecule has 0 unspecified atom stereocenters. The van der Waals surface area contributed by atoms with Gasteiger partial charge in [0.1, 0.15) is 0 Å². The van der Waals surface area contributed by atoms with Gasteiger partial charge in [0, 0.05) is 16.3 Å². The number of amides is 1. The predicted molar refractivity (Wildman–Crippen MR) is 99.9 cm³/mol. The summed E-state index contributed by atoms with van der Waals surface area (Å²) in [6.45, 7) is 3.65. The van der Waals surface area contributed by atoms with Gasteiger partial charge in [-0.1, -0.05) is 47.6 Å². The lowest BCUT2D eigenvalue weighted by Crippen LogP contribution is -2.22. The maximum atomic E-state index is 12.4. The summed E-state index contributed by atoms with van der Waals surface area (Å²) in [6.07, 6.45) is 0. The van der Waals surface area contributed by atoms with Crippen molar-refractivity contribution in [3.63, 3.8) is 0 Å². The minimum Gasteiger partial charge on any atom is -0.411 e. The van der Waals surface area contributed by atoms with E-state index in [-0.39, 0.29) is 5.91 Å². The van der Waals surface area contributed by atoms with Crippen LogP contribution in [0.2, 0.25) is 5.02 Å². The second kappa shape index (κ2) is 7.72. The number of carbonyl (C=O) groups is 1. The Morgan fingerprint density at radius 3 is 2.68 bits per heavy atom. The molecule has 1 N–H and O–H groups in total. The van der Waals surface area contributed by atoms with Crippen LogP contribution in [0.5, 0.6) is 0 Å². The molecule has 0 fully saturated rings. The molecule has 5 nitrogen and oxygen atoms in total. The lowest BCUT2D eigenvalue weighted by molar-refractivity contribution is -0.115. The van der Waals surface area contributed by atoms with Crippen LogP contribution in [0.25, 0.3) is 11.5 Å². The van der Waals surface area contributed by atoms with E-state index >= 15 is 0 Å². The van der Waals surface area contributed by atoms with Crippen LogP contribution < -0.4 is 5.32 Å². The second-order valence-electron chi connectivity index (χ2n) is 5.40. The zero-order valence-corrected chi connectivity index (χ0v) is 15.3. The van der Waals surface area contributed by atoms with Crippen LogP contribution >= 0.6 is 23.4 Å². The fourth-order valence-electron chi connectivity index (χ4n) is 2.14. The molecule has 0 bridgehead atoms. The minimum atomic E-state index is -0.401. The molecule has 1 heterocycles. The van der Waals surface area contributed by atoms with Gasteiger partial charge in [0.2, 0.25) is 11.8 Å². The van der Waals surface area contributed by atoms with E-state index in [1.165, 1.54) is 11.8 Å². The fraction of sp³-hybridized carbons (Fsp3) is 0.167. The van der Waals surface area contributed by atoms with Gasteiger partial charge in [0.25, 0.3) is 5.22 Å². The quantitative estimate of drug-likeness (QED) is 0.649. The first-order chi connectivity index (χ1) is 12.0. The van der Waals surface area contributed by atoms with Crippen LogP contribution in [0.4, 0.5) is 5.69 Å². The lowest BCUT2D eigenvalue weighted by atomic mass is 10.2. The fourth-order valence-corrected chi connectivity index (χ4v) is 2.99. The maximum Gasteiger partial charge on any atom is 0.277 e. The molecule has 7 heteroatoms. The van der Waals surface area contributed by atoms with Gasteiger partial charge < -0.3 is 9.73 Å². The Morgan fingerprint density at radius 2 is 1.92 bits per heavy atom. The zero-order valence-electron chi connectivity index (χ0n) is 13.7. The highest BCUT2D eigenvalue weighted by Crippen LogP contribution is 2.28. The maximum absolute atomic E-state index is 12.4. The van der Waals surface area contributed by atoms with Crippen LogP contribution in [-0.2, 0) is 4.79 Å². The predicted octanol–water partition coefficient (Wildman–Crippen LogP) is 4.82. The number of carbonyl (C=O) groups excluding carboxylic acids is 1. The first kappa shape index (κ1) is 17.5. The number of aromatic nitrogens is 2. The molecule has 0 radical (unpaired) electrons. The van der Waals surface area contributed by atoms with E-state index in [1.807, 2.05) is 43.3 Å². The number of halogens is 1. The monoisotopic (exact) mass is 373 g/mol. The zero-order chi connectivity index (χ0) is 17.8. The van der Waals surface area contributed by atoms with Crippen LogP contribution in [0.1, 0.15) is 12.5 Å². The smallest absolute Gasteiger partial charge is 0.277 e.